The molecule has 144 valence electrons. The number of carbonyl (C=O) groups is 1. The number of likely N-dealkylation sites (N-methyl/N-ethyl adjacent to an activating group) is 1. The molecule has 1 atom stereocenters. The van der Waals surface area contributed by atoms with Crippen molar-refractivity contribution >= 4 is 11.9 Å². The Kier molecular flexibility index (Phi) is 9.26. The van der Waals surface area contributed by atoms with E-state index in [1.54, 1.807) is 21.2 Å². The van der Waals surface area contributed by atoms with E-state index in [0.29, 0.717) is 18.4 Å². The molecule has 1 aromatic rings. The first-order valence-electron chi connectivity index (χ1n) is 8.81. The largest absolute Gasteiger partial charge is 0.497 e. The number of ether oxygens (including phenoxy) is 1. The van der Waals surface area contributed by atoms with Gasteiger partial charge in [0.1, 0.15) is 12.3 Å². The van der Waals surface area contributed by atoms with Crippen molar-refractivity contribution in [2.45, 2.75) is 20.3 Å². The summed E-state index contributed by atoms with van der Waals surface area (Å²) in [6.07, 6.45) is 0.946. The van der Waals surface area contributed by atoms with Crippen LogP contribution in [0.5, 0.6) is 5.75 Å². The number of nitrogens with zero attached hydrogens (tertiary/aromatic N) is 2. The molecule has 0 fully saturated rings. The van der Waals surface area contributed by atoms with E-state index in [-0.39, 0.29) is 12.5 Å². The second-order valence-electron chi connectivity index (χ2n) is 6.80. The molecule has 0 aliphatic heterocycles. The lowest BCUT2D eigenvalue weighted by Crippen LogP contribution is -2.41. The Labute approximate surface area is 157 Å². The zero-order chi connectivity index (χ0) is 19.5. The average Bonchev–Trinajstić information content (AvgIpc) is 2.61. The van der Waals surface area contributed by atoms with Gasteiger partial charge in [0.05, 0.1) is 7.11 Å². The molecule has 26 heavy (non-hydrogen) atoms. The lowest BCUT2D eigenvalue weighted by atomic mass is 10.0. The van der Waals surface area contributed by atoms with Gasteiger partial charge in [-0.15, -0.1) is 0 Å². The van der Waals surface area contributed by atoms with Crippen LogP contribution in [0.25, 0.3) is 0 Å². The Balaban J connectivity index is 2.57. The monoisotopic (exact) mass is 360 g/mol. The van der Waals surface area contributed by atoms with Gasteiger partial charge in [0, 0.05) is 27.2 Å². The predicted octanol–water partition coefficient (Wildman–Crippen LogP) is 2.07. The first-order chi connectivity index (χ1) is 12.3. The molecule has 6 nitrogen and oxygen atoms in total. The highest BCUT2D eigenvalue weighted by molar-refractivity contribution is 5.84. The van der Waals surface area contributed by atoms with Crippen LogP contribution in [-0.2, 0) is 11.2 Å². The molecule has 0 aromatic heterocycles. The number of carbonyl (C=O) groups excluding carboxylic acids is 1. The average molecular weight is 361 g/mol. The molecule has 0 saturated heterocycles. The Hall–Kier alpha value is -2.50. The molecule has 0 radical (unpaired) electrons. The van der Waals surface area contributed by atoms with E-state index in [0.717, 1.165) is 24.3 Å². The van der Waals surface area contributed by atoms with Gasteiger partial charge >= 0.3 is 0 Å². The van der Waals surface area contributed by atoms with E-state index in [9.17, 15) is 4.79 Å². The number of benzene rings is 1. The predicted molar refractivity (Wildman–Crippen MR) is 108 cm³/mol. The molecular weight excluding hydrogens is 328 g/mol. The van der Waals surface area contributed by atoms with Gasteiger partial charge in [0.25, 0.3) is 0 Å². The maximum atomic E-state index is 11.8. The van der Waals surface area contributed by atoms with Crippen molar-refractivity contribution in [3.8, 4) is 5.75 Å². The van der Waals surface area contributed by atoms with Crippen LogP contribution < -0.4 is 15.4 Å². The zero-order valence-corrected chi connectivity index (χ0v) is 16.6. The van der Waals surface area contributed by atoms with Crippen molar-refractivity contribution in [2.75, 3.05) is 40.8 Å². The zero-order valence-electron chi connectivity index (χ0n) is 16.6. The Bertz CT molecular complexity index is 609. The Morgan fingerprint density at radius 1 is 1.27 bits per heavy atom. The van der Waals surface area contributed by atoms with E-state index in [4.69, 9.17) is 4.74 Å². The number of methoxy groups -OCH3 is 1. The number of hydrogen-bond donors (Lipinski definition) is 2. The van der Waals surface area contributed by atoms with Crippen molar-refractivity contribution in [1.29, 1.82) is 0 Å². The van der Waals surface area contributed by atoms with Gasteiger partial charge < -0.3 is 20.3 Å². The van der Waals surface area contributed by atoms with Crippen LogP contribution in [0.3, 0.4) is 0 Å². The Morgan fingerprint density at radius 2 is 1.92 bits per heavy atom. The van der Waals surface area contributed by atoms with E-state index in [1.165, 1.54) is 10.5 Å². The highest BCUT2D eigenvalue weighted by atomic mass is 16.5. The van der Waals surface area contributed by atoms with Gasteiger partial charge in [-0.05, 0) is 37.0 Å². The molecule has 0 aliphatic rings. The quantitative estimate of drug-likeness (QED) is 0.402. The fourth-order valence-electron chi connectivity index (χ4n) is 2.20. The van der Waals surface area contributed by atoms with Crippen molar-refractivity contribution < 1.29 is 9.53 Å². The number of nitrogens with one attached hydrogen (secondary N) is 2. The molecular formula is C20H32N4O2. The molecule has 1 unspecified atom stereocenters. The summed E-state index contributed by atoms with van der Waals surface area (Å²) >= 11 is 0. The first kappa shape index (κ1) is 21.5. The summed E-state index contributed by atoms with van der Waals surface area (Å²) < 4.78 is 5.19. The SMILES string of the molecule is C=C(C)CNC(=NCC(=O)N(C)C)NCC(C)Cc1ccc(OC)cc1. The summed E-state index contributed by atoms with van der Waals surface area (Å²) in [6, 6.07) is 8.12. The molecule has 6 heteroatoms. The van der Waals surface area contributed by atoms with Crippen LogP contribution >= 0.6 is 0 Å². The molecule has 0 bridgehead atoms. The van der Waals surface area contributed by atoms with Gasteiger partial charge in [-0.1, -0.05) is 31.2 Å². The van der Waals surface area contributed by atoms with Crippen LogP contribution in [0, 0.1) is 5.92 Å². The fourth-order valence-corrected chi connectivity index (χ4v) is 2.20. The number of amides is 1. The molecule has 1 amide bonds. The molecule has 2 N–H and O–H groups in total. The molecule has 0 heterocycles. The van der Waals surface area contributed by atoms with Gasteiger partial charge in [0.2, 0.25) is 5.91 Å². The van der Waals surface area contributed by atoms with Crippen LogP contribution in [0.4, 0.5) is 0 Å². The highest BCUT2D eigenvalue weighted by Crippen LogP contribution is 2.14. The molecule has 1 rings (SSSR count). The molecule has 0 aliphatic carbocycles. The number of guanidine groups is 1. The minimum absolute atomic E-state index is 0.0345. The van der Waals surface area contributed by atoms with Crippen molar-refractivity contribution in [3.05, 3.63) is 42.0 Å². The third-order valence-corrected chi connectivity index (χ3v) is 3.79. The van der Waals surface area contributed by atoms with Crippen molar-refractivity contribution in [1.82, 2.24) is 15.5 Å². The van der Waals surface area contributed by atoms with E-state index >= 15 is 0 Å². The van der Waals surface area contributed by atoms with Crippen molar-refractivity contribution in [3.63, 3.8) is 0 Å². The van der Waals surface area contributed by atoms with Crippen LogP contribution in [-0.4, -0.2) is 57.6 Å². The highest BCUT2D eigenvalue weighted by Gasteiger charge is 2.08. The van der Waals surface area contributed by atoms with Gasteiger partial charge in [-0.2, -0.15) is 0 Å². The minimum atomic E-state index is -0.0345. The lowest BCUT2D eigenvalue weighted by molar-refractivity contribution is -0.127. The van der Waals surface area contributed by atoms with Gasteiger partial charge in [0.15, 0.2) is 5.96 Å². The van der Waals surface area contributed by atoms with Crippen LogP contribution in [0.15, 0.2) is 41.4 Å². The summed E-state index contributed by atoms with van der Waals surface area (Å²) in [5.74, 6) is 1.87. The first-order valence-corrected chi connectivity index (χ1v) is 8.81. The summed E-state index contributed by atoms with van der Waals surface area (Å²) in [5, 5.41) is 6.51. The maximum absolute atomic E-state index is 11.8. The molecule has 0 spiro atoms. The second-order valence-corrected chi connectivity index (χ2v) is 6.80. The molecule has 1 aromatic carbocycles. The summed E-state index contributed by atoms with van der Waals surface area (Å²) in [4.78, 5) is 17.7. The van der Waals surface area contributed by atoms with E-state index < -0.39 is 0 Å². The smallest absolute Gasteiger partial charge is 0.243 e. The number of rotatable bonds is 9. The second kappa shape index (κ2) is 11.2. The minimum Gasteiger partial charge on any atom is -0.497 e. The third-order valence-electron chi connectivity index (χ3n) is 3.79. The fraction of sp³-hybridized carbons (Fsp3) is 0.500. The van der Waals surface area contributed by atoms with Gasteiger partial charge in [-0.3, -0.25) is 4.79 Å². The van der Waals surface area contributed by atoms with E-state index in [2.05, 4.69) is 41.3 Å². The van der Waals surface area contributed by atoms with Crippen molar-refractivity contribution in [2.24, 2.45) is 10.9 Å². The topological polar surface area (TPSA) is 66.0 Å². The van der Waals surface area contributed by atoms with Crippen LogP contribution in [0.1, 0.15) is 19.4 Å². The maximum Gasteiger partial charge on any atom is 0.243 e. The lowest BCUT2D eigenvalue weighted by Gasteiger charge is -2.17. The third kappa shape index (κ3) is 8.55. The summed E-state index contributed by atoms with van der Waals surface area (Å²) in [6.45, 7) is 9.50. The summed E-state index contributed by atoms with van der Waals surface area (Å²) in [5.41, 5.74) is 2.26. The summed E-state index contributed by atoms with van der Waals surface area (Å²) in [7, 11) is 5.12. The Morgan fingerprint density at radius 3 is 2.46 bits per heavy atom. The standard InChI is InChI=1S/C20H32N4O2/c1-15(2)12-21-20(23-14-19(25)24(4)5)22-13-16(3)11-17-7-9-18(26-6)10-8-17/h7-10,16H,1,11-14H2,2-6H3,(H2,21,22,23). The number of aliphatic imine (C=N–C) groups is 1. The van der Waals surface area contributed by atoms with Crippen LogP contribution in [0.2, 0.25) is 0 Å². The van der Waals surface area contributed by atoms with Gasteiger partial charge in [-0.25, -0.2) is 4.99 Å². The molecule has 0 saturated carbocycles. The normalized spacial score (nSPS) is 12.3. The number of hydrogen-bond acceptors (Lipinski definition) is 3. The van der Waals surface area contributed by atoms with E-state index in [1.807, 2.05) is 19.1 Å².